The van der Waals surface area contributed by atoms with Crippen LogP contribution >= 0.6 is 12.2 Å². The Labute approximate surface area is 115 Å². The number of carbonyl (C=O) groups excluding carboxylic acids is 1. The van der Waals surface area contributed by atoms with E-state index in [1.165, 1.54) is 12.8 Å². The average molecular weight is 268 g/mol. The normalized spacial score (nSPS) is 21.8. The lowest BCUT2D eigenvalue weighted by Gasteiger charge is -2.34. The van der Waals surface area contributed by atoms with Crippen LogP contribution in [0.15, 0.2) is 0 Å². The molecular formula is C14H24N2OS. The van der Waals surface area contributed by atoms with Gasteiger partial charge >= 0.3 is 0 Å². The quantitative estimate of drug-likeness (QED) is 0.753. The maximum Gasteiger partial charge on any atom is 0.229 e. The summed E-state index contributed by atoms with van der Waals surface area (Å²) in [5, 5.41) is 0. The topological polar surface area (TPSA) is 46.3 Å². The fourth-order valence-corrected chi connectivity index (χ4v) is 3.23. The molecule has 0 heterocycles. The Kier molecular flexibility index (Phi) is 4.25. The third-order valence-electron chi connectivity index (χ3n) is 4.54. The molecule has 2 aliphatic carbocycles. The van der Waals surface area contributed by atoms with E-state index >= 15 is 0 Å². The zero-order chi connectivity index (χ0) is 13.2. The van der Waals surface area contributed by atoms with E-state index in [0.717, 1.165) is 38.6 Å². The molecular weight excluding hydrogens is 244 g/mol. The minimum Gasteiger partial charge on any atom is -0.393 e. The molecule has 0 radical (unpaired) electrons. The first-order valence-corrected chi connectivity index (χ1v) is 7.59. The summed E-state index contributed by atoms with van der Waals surface area (Å²) in [4.78, 5) is 15.4. The molecule has 0 spiro atoms. The summed E-state index contributed by atoms with van der Waals surface area (Å²) in [7, 11) is 0. The van der Waals surface area contributed by atoms with Gasteiger partial charge in [-0.15, -0.1) is 0 Å². The SMILES string of the molecule is CCC1(C(=O)N(CCC(N)=S)C2CC2)CCCC1. The minimum absolute atomic E-state index is 0.0706. The molecule has 0 atom stereocenters. The van der Waals surface area contributed by atoms with Crippen molar-refractivity contribution < 1.29 is 4.79 Å². The summed E-state index contributed by atoms with van der Waals surface area (Å²) >= 11 is 4.94. The van der Waals surface area contributed by atoms with E-state index in [-0.39, 0.29) is 5.41 Å². The Hall–Kier alpha value is -0.640. The van der Waals surface area contributed by atoms with Crippen LogP contribution in [-0.2, 0) is 4.79 Å². The van der Waals surface area contributed by atoms with Crippen LogP contribution in [0.3, 0.4) is 0 Å². The van der Waals surface area contributed by atoms with Crippen molar-refractivity contribution in [2.75, 3.05) is 6.54 Å². The van der Waals surface area contributed by atoms with Gasteiger partial charge in [-0.05, 0) is 32.1 Å². The Balaban J connectivity index is 2.04. The number of carbonyl (C=O) groups is 1. The fourth-order valence-electron chi connectivity index (χ4n) is 3.14. The van der Waals surface area contributed by atoms with Crippen LogP contribution in [-0.4, -0.2) is 28.4 Å². The molecule has 18 heavy (non-hydrogen) atoms. The summed E-state index contributed by atoms with van der Waals surface area (Å²) < 4.78 is 0. The van der Waals surface area contributed by atoms with Crippen LogP contribution in [0.5, 0.6) is 0 Å². The Bertz CT molecular complexity index is 333. The molecule has 0 bridgehead atoms. The van der Waals surface area contributed by atoms with Crippen molar-refractivity contribution >= 4 is 23.1 Å². The van der Waals surface area contributed by atoms with E-state index < -0.39 is 0 Å². The van der Waals surface area contributed by atoms with Crippen LogP contribution in [0.2, 0.25) is 0 Å². The molecule has 0 aromatic carbocycles. The molecule has 0 aromatic heterocycles. The molecule has 2 fully saturated rings. The molecule has 1 amide bonds. The zero-order valence-electron chi connectivity index (χ0n) is 11.3. The predicted octanol–water partition coefficient (Wildman–Crippen LogP) is 2.62. The van der Waals surface area contributed by atoms with E-state index in [2.05, 4.69) is 11.8 Å². The molecule has 0 unspecified atom stereocenters. The highest BCUT2D eigenvalue weighted by Gasteiger charge is 2.45. The van der Waals surface area contributed by atoms with E-state index in [1.807, 2.05) is 0 Å². The third kappa shape index (κ3) is 2.85. The number of hydrogen-bond acceptors (Lipinski definition) is 2. The number of thiocarbonyl (C=S) groups is 1. The van der Waals surface area contributed by atoms with Crippen molar-refractivity contribution in [2.45, 2.75) is 64.3 Å². The van der Waals surface area contributed by atoms with Crippen molar-refractivity contribution in [1.29, 1.82) is 0 Å². The van der Waals surface area contributed by atoms with Crippen LogP contribution in [0, 0.1) is 5.41 Å². The zero-order valence-corrected chi connectivity index (χ0v) is 12.1. The van der Waals surface area contributed by atoms with E-state index in [0.29, 0.717) is 23.4 Å². The largest absolute Gasteiger partial charge is 0.393 e. The lowest BCUT2D eigenvalue weighted by molar-refractivity contribution is -0.142. The van der Waals surface area contributed by atoms with Crippen LogP contribution in [0.25, 0.3) is 0 Å². The molecule has 2 aliphatic rings. The summed E-state index contributed by atoms with van der Waals surface area (Å²) in [6, 6.07) is 0.468. The molecule has 0 aliphatic heterocycles. The summed E-state index contributed by atoms with van der Waals surface area (Å²) in [6.45, 7) is 2.88. The predicted molar refractivity (Wildman–Crippen MR) is 77.3 cm³/mol. The van der Waals surface area contributed by atoms with E-state index in [9.17, 15) is 4.79 Å². The lowest BCUT2D eigenvalue weighted by atomic mass is 9.81. The van der Waals surface area contributed by atoms with Gasteiger partial charge in [0.1, 0.15) is 0 Å². The van der Waals surface area contributed by atoms with Crippen LogP contribution in [0.4, 0.5) is 0 Å². The maximum atomic E-state index is 12.8. The van der Waals surface area contributed by atoms with Gasteiger partial charge in [0.15, 0.2) is 0 Å². The van der Waals surface area contributed by atoms with Gasteiger partial charge in [-0.25, -0.2) is 0 Å². The van der Waals surface area contributed by atoms with Crippen LogP contribution in [0.1, 0.15) is 58.3 Å². The summed E-state index contributed by atoms with van der Waals surface area (Å²) in [5.74, 6) is 0.376. The van der Waals surface area contributed by atoms with Crippen molar-refractivity contribution in [3.05, 3.63) is 0 Å². The fraction of sp³-hybridized carbons (Fsp3) is 0.857. The number of nitrogens with zero attached hydrogens (tertiary/aromatic N) is 1. The highest BCUT2D eigenvalue weighted by molar-refractivity contribution is 7.80. The molecule has 2 saturated carbocycles. The number of hydrogen-bond donors (Lipinski definition) is 1. The first-order chi connectivity index (χ1) is 8.59. The highest BCUT2D eigenvalue weighted by Crippen LogP contribution is 2.44. The first-order valence-electron chi connectivity index (χ1n) is 7.18. The van der Waals surface area contributed by atoms with Gasteiger partial charge in [0.25, 0.3) is 0 Å². The molecule has 2 rings (SSSR count). The maximum absolute atomic E-state index is 12.8. The van der Waals surface area contributed by atoms with Gasteiger partial charge in [0.2, 0.25) is 5.91 Å². The minimum atomic E-state index is -0.0706. The summed E-state index contributed by atoms with van der Waals surface area (Å²) in [5.41, 5.74) is 5.50. The molecule has 3 nitrogen and oxygen atoms in total. The average Bonchev–Trinajstić information content (AvgIpc) is 3.06. The Morgan fingerprint density at radius 1 is 1.39 bits per heavy atom. The second kappa shape index (κ2) is 5.55. The standard InChI is InChI=1S/C14H24N2OS/c1-2-14(8-3-4-9-14)13(17)16(11-5-6-11)10-7-12(15)18/h11H,2-10H2,1H3,(H2,15,18). The molecule has 2 N–H and O–H groups in total. The van der Waals surface area contributed by atoms with Gasteiger partial charge in [-0.3, -0.25) is 4.79 Å². The van der Waals surface area contributed by atoms with Gasteiger partial charge in [-0.1, -0.05) is 32.0 Å². The second-order valence-electron chi connectivity index (χ2n) is 5.79. The summed E-state index contributed by atoms with van der Waals surface area (Å²) in [6.07, 6.45) is 8.49. The van der Waals surface area contributed by atoms with Crippen molar-refractivity contribution in [1.82, 2.24) is 4.90 Å². The number of rotatable bonds is 6. The van der Waals surface area contributed by atoms with Gasteiger partial charge in [-0.2, -0.15) is 0 Å². The smallest absolute Gasteiger partial charge is 0.229 e. The highest BCUT2D eigenvalue weighted by atomic mass is 32.1. The van der Waals surface area contributed by atoms with Crippen molar-refractivity contribution in [2.24, 2.45) is 11.1 Å². The van der Waals surface area contributed by atoms with Crippen molar-refractivity contribution in [3.63, 3.8) is 0 Å². The van der Waals surface area contributed by atoms with E-state index in [1.54, 1.807) is 0 Å². The number of nitrogens with two attached hydrogens (primary N) is 1. The van der Waals surface area contributed by atoms with Gasteiger partial charge in [0.05, 0.1) is 4.99 Å². The Morgan fingerprint density at radius 3 is 2.44 bits per heavy atom. The second-order valence-corrected chi connectivity index (χ2v) is 6.31. The van der Waals surface area contributed by atoms with E-state index in [4.69, 9.17) is 18.0 Å². The molecule has 0 aromatic rings. The first kappa shape index (κ1) is 13.8. The molecule has 0 saturated heterocycles. The monoisotopic (exact) mass is 268 g/mol. The van der Waals surface area contributed by atoms with Crippen LogP contribution < -0.4 is 5.73 Å². The Morgan fingerprint density at radius 2 is 2.00 bits per heavy atom. The lowest BCUT2D eigenvalue weighted by Crippen LogP contribution is -2.44. The third-order valence-corrected chi connectivity index (χ3v) is 4.74. The number of amides is 1. The van der Waals surface area contributed by atoms with Crippen molar-refractivity contribution in [3.8, 4) is 0 Å². The van der Waals surface area contributed by atoms with Gasteiger partial charge < -0.3 is 10.6 Å². The molecule has 102 valence electrons. The molecule has 4 heteroatoms. The van der Waals surface area contributed by atoms with Gasteiger partial charge in [0, 0.05) is 24.4 Å².